The van der Waals surface area contributed by atoms with Gasteiger partial charge in [0.25, 0.3) is 0 Å². The zero-order chi connectivity index (χ0) is 23.9. The van der Waals surface area contributed by atoms with Gasteiger partial charge in [0.1, 0.15) is 0 Å². The zero-order valence-electron chi connectivity index (χ0n) is 19.4. The highest BCUT2D eigenvalue weighted by atomic mass is 32.2. The Morgan fingerprint density at radius 1 is 1.12 bits per heavy atom. The summed E-state index contributed by atoms with van der Waals surface area (Å²) in [6.07, 6.45) is 2.93. The van der Waals surface area contributed by atoms with Gasteiger partial charge in [-0.3, -0.25) is 9.71 Å². The second-order valence-corrected chi connectivity index (χ2v) is 10.8. The lowest BCUT2D eigenvalue weighted by Crippen LogP contribution is -2.29. The number of thiocarbonyl (C=S) groups is 1. The van der Waals surface area contributed by atoms with E-state index < -0.39 is 10.0 Å². The van der Waals surface area contributed by atoms with Crippen molar-refractivity contribution in [2.45, 2.75) is 45.8 Å². The van der Waals surface area contributed by atoms with Crippen LogP contribution in [0.4, 0.5) is 11.4 Å². The van der Waals surface area contributed by atoms with E-state index in [9.17, 15) is 8.42 Å². The number of anilines is 2. The van der Waals surface area contributed by atoms with E-state index >= 15 is 0 Å². The minimum atomic E-state index is -3.35. The van der Waals surface area contributed by atoms with E-state index in [-0.39, 0.29) is 12.1 Å². The van der Waals surface area contributed by atoms with E-state index in [1.807, 2.05) is 30.3 Å². The molecule has 3 aromatic rings. The molecule has 3 heterocycles. The first kappa shape index (κ1) is 23.3. The highest BCUT2D eigenvalue weighted by Gasteiger charge is 2.42. The Bertz CT molecular complexity index is 1270. The predicted molar refractivity (Wildman–Crippen MR) is 137 cm³/mol. The number of rotatable bonds is 6. The first-order valence-electron chi connectivity index (χ1n) is 10.8. The molecule has 2 aromatic heterocycles. The van der Waals surface area contributed by atoms with E-state index in [1.54, 1.807) is 18.3 Å². The fourth-order valence-corrected chi connectivity index (χ4v) is 5.66. The topological polar surface area (TPSA) is 79.3 Å². The van der Waals surface area contributed by atoms with Gasteiger partial charge in [0.15, 0.2) is 5.11 Å². The molecule has 33 heavy (non-hydrogen) atoms. The molecule has 1 aliphatic heterocycles. The summed E-state index contributed by atoms with van der Waals surface area (Å²) in [6, 6.07) is 15.5. The normalized spacial score (nSPS) is 18.6. The third-order valence-electron chi connectivity index (χ3n) is 5.91. The lowest BCUT2D eigenvalue weighted by molar-refractivity contribution is 0.547. The quantitative estimate of drug-likeness (QED) is 0.498. The summed E-state index contributed by atoms with van der Waals surface area (Å²) in [5.74, 6) is 0. The van der Waals surface area contributed by atoms with Gasteiger partial charge in [-0.15, -0.1) is 0 Å². The van der Waals surface area contributed by atoms with Crippen molar-refractivity contribution in [3.05, 3.63) is 77.4 Å². The molecule has 0 aliphatic carbocycles. The van der Waals surface area contributed by atoms with Crippen molar-refractivity contribution in [2.75, 3.05) is 15.9 Å². The molecule has 7 nitrogen and oxygen atoms in total. The fourth-order valence-electron chi connectivity index (χ4n) is 4.75. The van der Waals surface area contributed by atoms with Gasteiger partial charge in [0.2, 0.25) is 10.0 Å². The van der Waals surface area contributed by atoms with Crippen LogP contribution >= 0.6 is 12.2 Å². The molecule has 0 unspecified atom stereocenters. The van der Waals surface area contributed by atoms with Crippen LogP contribution in [0, 0.1) is 13.8 Å². The Morgan fingerprint density at radius 2 is 1.82 bits per heavy atom. The molecule has 1 saturated heterocycles. The summed E-state index contributed by atoms with van der Waals surface area (Å²) in [4.78, 5) is 6.72. The number of aromatic nitrogens is 2. The lowest BCUT2D eigenvalue weighted by atomic mass is 9.96. The second-order valence-electron chi connectivity index (χ2n) is 8.71. The van der Waals surface area contributed by atoms with Crippen molar-refractivity contribution in [1.29, 1.82) is 0 Å². The maximum atomic E-state index is 11.6. The summed E-state index contributed by atoms with van der Waals surface area (Å²) in [5.41, 5.74) is 5.88. The summed E-state index contributed by atoms with van der Waals surface area (Å²) >= 11 is 5.80. The first-order valence-corrected chi connectivity index (χ1v) is 13.1. The SMILES string of the molecule is Cc1cc([C@@H]2[C@H](c3ccccn3)NC(=S)N2c2ccc(NS(C)(=O)=O)cc2)c(C)n1C(C)C. The lowest BCUT2D eigenvalue weighted by Gasteiger charge is -2.28. The Kier molecular flexibility index (Phi) is 6.20. The molecule has 2 N–H and O–H groups in total. The highest BCUT2D eigenvalue weighted by Crippen LogP contribution is 2.43. The molecule has 1 fully saturated rings. The predicted octanol–water partition coefficient (Wildman–Crippen LogP) is 4.63. The Labute approximate surface area is 200 Å². The van der Waals surface area contributed by atoms with Gasteiger partial charge in [-0.25, -0.2) is 8.42 Å². The molecule has 4 rings (SSSR count). The van der Waals surface area contributed by atoms with E-state index in [2.05, 4.69) is 58.3 Å². The summed E-state index contributed by atoms with van der Waals surface area (Å²) < 4.78 is 28.0. The molecule has 0 spiro atoms. The molecule has 1 aromatic carbocycles. The second kappa shape index (κ2) is 8.79. The van der Waals surface area contributed by atoms with Gasteiger partial charge in [-0.2, -0.15) is 0 Å². The van der Waals surface area contributed by atoms with E-state index in [1.165, 1.54) is 17.0 Å². The number of pyridine rings is 1. The largest absolute Gasteiger partial charge is 0.351 e. The van der Waals surface area contributed by atoms with E-state index in [4.69, 9.17) is 12.2 Å². The number of hydrogen-bond donors (Lipinski definition) is 2. The molecular formula is C24H29N5O2S2. The zero-order valence-corrected chi connectivity index (χ0v) is 21.0. The van der Waals surface area contributed by atoms with Crippen molar-refractivity contribution in [2.24, 2.45) is 0 Å². The minimum absolute atomic E-state index is 0.111. The molecular weight excluding hydrogens is 454 g/mol. The molecule has 0 saturated carbocycles. The van der Waals surface area contributed by atoms with Crippen LogP contribution in [0.5, 0.6) is 0 Å². The summed E-state index contributed by atoms with van der Waals surface area (Å²) in [6.45, 7) is 8.64. The van der Waals surface area contributed by atoms with Crippen LogP contribution in [0.15, 0.2) is 54.7 Å². The molecule has 174 valence electrons. The summed E-state index contributed by atoms with van der Waals surface area (Å²) in [7, 11) is -3.35. The van der Waals surface area contributed by atoms with Gasteiger partial charge in [-0.1, -0.05) is 6.07 Å². The van der Waals surface area contributed by atoms with Crippen LogP contribution in [-0.2, 0) is 10.0 Å². The van der Waals surface area contributed by atoms with Crippen LogP contribution in [0.1, 0.15) is 54.6 Å². The summed E-state index contributed by atoms with van der Waals surface area (Å²) in [5, 5.41) is 4.08. The van der Waals surface area contributed by atoms with Crippen molar-refractivity contribution >= 4 is 38.7 Å². The number of sulfonamides is 1. The van der Waals surface area contributed by atoms with Crippen LogP contribution < -0.4 is 14.9 Å². The number of benzene rings is 1. The molecule has 9 heteroatoms. The monoisotopic (exact) mass is 483 g/mol. The first-order chi connectivity index (χ1) is 15.6. The smallest absolute Gasteiger partial charge is 0.229 e. The van der Waals surface area contributed by atoms with E-state index in [0.29, 0.717) is 16.8 Å². The third kappa shape index (κ3) is 4.60. The van der Waals surface area contributed by atoms with Crippen molar-refractivity contribution < 1.29 is 8.42 Å². The van der Waals surface area contributed by atoms with Gasteiger partial charge in [0, 0.05) is 35.0 Å². The van der Waals surface area contributed by atoms with Crippen molar-refractivity contribution in [3.8, 4) is 0 Å². The fraction of sp³-hybridized carbons (Fsp3) is 0.333. The maximum absolute atomic E-state index is 11.6. The number of nitrogens with zero attached hydrogens (tertiary/aromatic N) is 3. The highest BCUT2D eigenvalue weighted by molar-refractivity contribution is 7.92. The molecule has 0 radical (unpaired) electrons. The molecule has 1 aliphatic rings. The van der Waals surface area contributed by atoms with Gasteiger partial charge < -0.3 is 14.8 Å². The minimum Gasteiger partial charge on any atom is -0.351 e. The Hall–Kier alpha value is -2.91. The van der Waals surface area contributed by atoms with Crippen LogP contribution in [-0.4, -0.2) is 29.3 Å². The molecule has 0 bridgehead atoms. The number of aryl methyl sites for hydroxylation is 1. The average molecular weight is 484 g/mol. The van der Waals surface area contributed by atoms with Gasteiger partial charge in [-0.05, 0) is 87.9 Å². The maximum Gasteiger partial charge on any atom is 0.229 e. The number of nitrogens with one attached hydrogen (secondary N) is 2. The van der Waals surface area contributed by atoms with Gasteiger partial charge >= 0.3 is 0 Å². The van der Waals surface area contributed by atoms with Crippen LogP contribution in [0.2, 0.25) is 0 Å². The molecule has 0 amide bonds. The van der Waals surface area contributed by atoms with Crippen LogP contribution in [0.25, 0.3) is 0 Å². The van der Waals surface area contributed by atoms with Crippen LogP contribution in [0.3, 0.4) is 0 Å². The standard InChI is InChI=1S/C24H29N5O2S2/c1-15(2)28-16(3)14-20(17(28)4)23-22(21-8-6-7-13-25-21)26-24(32)29(23)19-11-9-18(10-12-19)27-33(5,30)31/h6-15,22-23,27H,1-5H3,(H,26,32)/t22-,23+/m0/s1. The Balaban J connectivity index is 1.82. The van der Waals surface area contributed by atoms with Gasteiger partial charge in [0.05, 0.1) is 24.0 Å². The average Bonchev–Trinajstić information content (AvgIpc) is 3.23. The third-order valence-corrected chi connectivity index (χ3v) is 6.83. The Morgan fingerprint density at radius 3 is 2.36 bits per heavy atom. The van der Waals surface area contributed by atoms with E-state index in [0.717, 1.165) is 17.6 Å². The van der Waals surface area contributed by atoms with Crippen molar-refractivity contribution in [1.82, 2.24) is 14.9 Å². The molecule has 2 atom stereocenters. The number of hydrogen-bond acceptors (Lipinski definition) is 4. The van der Waals surface area contributed by atoms with Crippen molar-refractivity contribution in [3.63, 3.8) is 0 Å².